The molecule has 52 valence electrons. The molecule has 3 heteroatoms. The molecule has 1 aromatic carbocycles. The summed E-state index contributed by atoms with van der Waals surface area (Å²) in [5.74, 6) is 0. The van der Waals surface area contributed by atoms with E-state index in [1.807, 2.05) is 6.07 Å². The fraction of sp³-hybridized carbons (Fsp3) is 0. The van der Waals surface area contributed by atoms with Gasteiger partial charge in [-0.1, -0.05) is 5.16 Å². The van der Waals surface area contributed by atoms with Crippen molar-refractivity contribution >= 4 is 10.9 Å². The van der Waals surface area contributed by atoms with Crippen LogP contribution in [0.1, 0.15) is 5.56 Å². The molecule has 0 unspecified atom stereocenters. The molecule has 0 spiro atoms. The first kappa shape index (κ1) is 5.93. The average Bonchev–Trinajstić information content (AvgIpc) is 2.50. The smallest absolute Gasteiger partial charge is 0.131 e. The summed E-state index contributed by atoms with van der Waals surface area (Å²) in [5.41, 5.74) is 1.41. The quantitative estimate of drug-likeness (QED) is 0.565. The topological polar surface area (TPSA) is 49.8 Å². The summed E-state index contributed by atoms with van der Waals surface area (Å²) in [6, 6.07) is 7.26. The van der Waals surface area contributed by atoms with Crippen LogP contribution in [0.2, 0.25) is 0 Å². The van der Waals surface area contributed by atoms with Crippen LogP contribution in [-0.4, -0.2) is 5.16 Å². The number of nitriles is 1. The molecule has 0 saturated heterocycles. The van der Waals surface area contributed by atoms with Gasteiger partial charge in [-0.15, -0.1) is 0 Å². The second kappa shape index (κ2) is 2.10. The largest absolute Gasteiger partial charge is 0.364 e. The fourth-order valence-electron chi connectivity index (χ4n) is 0.942. The van der Waals surface area contributed by atoms with Crippen LogP contribution in [0.5, 0.6) is 0 Å². The molecule has 1 heterocycles. The van der Waals surface area contributed by atoms with Crippen molar-refractivity contribution in [3.8, 4) is 6.07 Å². The number of rotatable bonds is 0. The Morgan fingerprint density at radius 2 is 2.36 bits per heavy atom. The Labute approximate surface area is 62.8 Å². The third-order valence-electron chi connectivity index (χ3n) is 1.49. The van der Waals surface area contributed by atoms with Gasteiger partial charge in [0, 0.05) is 5.39 Å². The molecule has 0 aliphatic heterocycles. The number of benzene rings is 1. The molecular formula is C8H4N2O. The Morgan fingerprint density at radius 3 is 3.18 bits per heavy atom. The molecular weight excluding hydrogens is 140 g/mol. The lowest BCUT2D eigenvalue weighted by atomic mass is 10.2. The molecule has 0 atom stereocenters. The fourth-order valence-corrected chi connectivity index (χ4v) is 0.942. The van der Waals surface area contributed by atoms with Gasteiger partial charge in [-0.3, -0.25) is 0 Å². The van der Waals surface area contributed by atoms with Crippen molar-refractivity contribution in [2.75, 3.05) is 0 Å². The van der Waals surface area contributed by atoms with E-state index in [1.165, 1.54) is 6.26 Å². The van der Waals surface area contributed by atoms with Crippen molar-refractivity contribution in [1.82, 2.24) is 5.16 Å². The molecule has 2 aromatic rings. The summed E-state index contributed by atoms with van der Waals surface area (Å²) < 4.78 is 4.70. The molecule has 0 fully saturated rings. The van der Waals surface area contributed by atoms with Gasteiger partial charge in [0.15, 0.2) is 0 Å². The summed E-state index contributed by atoms with van der Waals surface area (Å²) in [6.07, 6.45) is 1.52. The van der Waals surface area contributed by atoms with Gasteiger partial charge >= 0.3 is 0 Å². The summed E-state index contributed by atoms with van der Waals surface area (Å²) in [4.78, 5) is 0. The molecule has 0 radical (unpaired) electrons. The minimum absolute atomic E-state index is 0.626. The number of fused-ring (bicyclic) bond motifs is 1. The molecule has 1 aromatic heterocycles. The molecule has 0 amide bonds. The SMILES string of the molecule is N#Cc1ccc2nocc2c1. The van der Waals surface area contributed by atoms with E-state index < -0.39 is 0 Å². The number of hydrogen-bond donors (Lipinski definition) is 0. The van der Waals surface area contributed by atoms with Crippen LogP contribution in [-0.2, 0) is 0 Å². The van der Waals surface area contributed by atoms with Crippen LogP contribution in [0, 0.1) is 11.3 Å². The van der Waals surface area contributed by atoms with Crippen LogP contribution in [0.3, 0.4) is 0 Å². The van der Waals surface area contributed by atoms with Crippen LogP contribution in [0.15, 0.2) is 29.0 Å². The highest BCUT2D eigenvalue weighted by atomic mass is 16.5. The van der Waals surface area contributed by atoms with Crippen molar-refractivity contribution in [2.45, 2.75) is 0 Å². The van der Waals surface area contributed by atoms with E-state index in [2.05, 4.69) is 5.16 Å². The molecule has 0 bridgehead atoms. The van der Waals surface area contributed by atoms with E-state index in [0.29, 0.717) is 5.56 Å². The van der Waals surface area contributed by atoms with Gasteiger partial charge in [-0.05, 0) is 18.2 Å². The zero-order chi connectivity index (χ0) is 7.68. The highest BCUT2D eigenvalue weighted by molar-refractivity contribution is 5.78. The molecule has 0 saturated carbocycles. The van der Waals surface area contributed by atoms with E-state index >= 15 is 0 Å². The Bertz CT molecular complexity index is 425. The maximum Gasteiger partial charge on any atom is 0.131 e. The van der Waals surface area contributed by atoms with Gasteiger partial charge < -0.3 is 4.52 Å². The predicted molar refractivity (Wildman–Crippen MR) is 38.7 cm³/mol. The van der Waals surface area contributed by atoms with Crippen molar-refractivity contribution in [3.05, 3.63) is 30.0 Å². The molecule has 11 heavy (non-hydrogen) atoms. The van der Waals surface area contributed by atoms with Crippen LogP contribution < -0.4 is 0 Å². The molecule has 0 aliphatic carbocycles. The van der Waals surface area contributed by atoms with Gasteiger partial charge in [0.05, 0.1) is 11.6 Å². The number of aromatic nitrogens is 1. The predicted octanol–water partition coefficient (Wildman–Crippen LogP) is 1.70. The van der Waals surface area contributed by atoms with E-state index in [0.717, 1.165) is 10.9 Å². The van der Waals surface area contributed by atoms with Crippen molar-refractivity contribution in [2.24, 2.45) is 0 Å². The minimum Gasteiger partial charge on any atom is -0.364 e. The Hall–Kier alpha value is -1.82. The first-order valence-electron chi connectivity index (χ1n) is 3.14. The second-order valence-corrected chi connectivity index (χ2v) is 2.20. The third kappa shape index (κ3) is 0.849. The lowest BCUT2D eigenvalue weighted by Gasteiger charge is -1.85. The normalized spacial score (nSPS) is 9.73. The summed E-state index contributed by atoms with van der Waals surface area (Å²) >= 11 is 0. The first-order valence-corrected chi connectivity index (χ1v) is 3.14. The zero-order valence-electron chi connectivity index (χ0n) is 5.61. The van der Waals surface area contributed by atoms with Gasteiger partial charge in [0.1, 0.15) is 11.8 Å². The highest BCUT2D eigenvalue weighted by Gasteiger charge is 1.97. The van der Waals surface area contributed by atoms with E-state index in [4.69, 9.17) is 9.78 Å². The van der Waals surface area contributed by atoms with Crippen LogP contribution in [0.4, 0.5) is 0 Å². The second-order valence-electron chi connectivity index (χ2n) is 2.20. The summed E-state index contributed by atoms with van der Waals surface area (Å²) in [7, 11) is 0. The summed E-state index contributed by atoms with van der Waals surface area (Å²) in [6.45, 7) is 0. The Balaban J connectivity index is 2.79. The maximum absolute atomic E-state index is 8.53. The lowest BCUT2D eigenvalue weighted by Crippen LogP contribution is -1.71. The van der Waals surface area contributed by atoms with E-state index in [9.17, 15) is 0 Å². The Kier molecular flexibility index (Phi) is 1.13. The molecule has 3 nitrogen and oxygen atoms in total. The van der Waals surface area contributed by atoms with Gasteiger partial charge in [-0.2, -0.15) is 5.26 Å². The van der Waals surface area contributed by atoms with Crippen molar-refractivity contribution in [1.29, 1.82) is 5.26 Å². The van der Waals surface area contributed by atoms with Crippen molar-refractivity contribution < 1.29 is 4.52 Å². The van der Waals surface area contributed by atoms with E-state index in [1.54, 1.807) is 18.2 Å². The van der Waals surface area contributed by atoms with Crippen molar-refractivity contribution in [3.63, 3.8) is 0 Å². The summed E-state index contributed by atoms with van der Waals surface area (Å²) in [5, 5.41) is 13.1. The van der Waals surface area contributed by atoms with Crippen LogP contribution in [0.25, 0.3) is 10.9 Å². The number of nitrogens with zero attached hydrogens (tertiary/aromatic N) is 2. The van der Waals surface area contributed by atoms with Crippen LogP contribution >= 0.6 is 0 Å². The molecule has 0 N–H and O–H groups in total. The first-order chi connectivity index (χ1) is 5.40. The third-order valence-corrected chi connectivity index (χ3v) is 1.49. The maximum atomic E-state index is 8.53. The molecule has 2 rings (SSSR count). The van der Waals surface area contributed by atoms with E-state index in [-0.39, 0.29) is 0 Å². The molecule has 0 aliphatic rings. The average molecular weight is 144 g/mol. The standard InChI is InChI=1S/C8H4N2O/c9-4-6-1-2-8-7(3-6)5-11-10-8/h1-3,5H. The minimum atomic E-state index is 0.626. The number of hydrogen-bond acceptors (Lipinski definition) is 3. The van der Waals surface area contributed by atoms with Gasteiger partial charge in [-0.25, -0.2) is 0 Å². The van der Waals surface area contributed by atoms with Gasteiger partial charge in [0.2, 0.25) is 0 Å². The lowest BCUT2D eigenvalue weighted by molar-refractivity contribution is 0.428. The van der Waals surface area contributed by atoms with Gasteiger partial charge in [0.25, 0.3) is 0 Å². The monoisotopic (exact) mass is 144 g/mol. The zero-order valence-corrected chi connectivity index (χ0v) is 5.61. The highest BCUT2D eigenvalue weighted by Crippen LogP contribution is 2.12. The Morgan fingerprint density at radius 1 is 1.45 bits per heavy atom.